The summed E-state index contributed by atoms with van der Waals surface area (Å²) < 4.78 is 10.6. The molecule has 0 amide bonds. The van der Waals surface area contributed by atoms with Crippen LogP contribution in [0.25, 0.3) is 0 Å². The molecule has 0 aliphatic heterocycles. The number of rotatable bonds is 4. The van der Waals surface area contributed by atoms with Gasteiger partial charge in [0.05, 0.1) is 14.2 Å². The molecule has 2 rings (SSSR count). The second-order valence-electron chi connectivity index (χ2n) is 4.94. The molecule has 1 aliphatic rings. The number of hydrogen-bond donors (Lipinski definition) is 1. The number of benzene rings is 1. The highest BCUT2D eigenvalue weighted by Crippen LogP contribution is 2.35. The summed E-state index contributed by atoms with van der Waals surface area (Å²) in [7, 11) is 3.35. The van der Waals surface area contributed by atoms with Gasteiger partial charge in [-0.25, -0.2) is 0 Å². The predicted octanol–water partition coefficient (Wildman–Crippen LogP) is 2.29. The van der Waals surface area contributed by atoms with E-state index in [0.29, 0.717) is 6.04 Å². The van der Waals surface area contributed by atoms with Crippen molar-refractivity contribution in [3.8, 4) is 11.5 Å². The maximum absolute atomic E-state index is 5.82. The minimum absolute atomic E-state index is 0.417. The van der Waals surface area contributed by atoms with Gasteiger partial charge in [-0.1, -0.05) is 0 Å². The zero-order chi connectivity index (χ0) is 12.4. The van der Waals surface area contributed by atoms with Crippen molar-refractivity contribution in [1.29, 1.82) is 0 Å². The van der Waals surface area contributed by atoms with Gasteiger partial charge in [0.1, 0.15) is 0 Å². The summed E-state index contributed by atoms with van der Waals surface area (Å²) in [5.41, 5.74) is 8.43. The lowest BCUT2D eigenvalue weighted by molar-refractivity contribution is 0.263. The van der Waals surface area contributed by atoms with Crippen LogP contribution >= 0.6 is 0 Å². The zero-order valence-electron chi connectivity index (χ0n) is 10.8. The summed E-state index contributed by atoms with van der Waals surface area (Å²) in [4.78, 5) is 0. The van der Waals surface area contributed by atoms with E-state index in [-0.39, 0.29) is 0 Å². The minimum atomic E-state index is 0.417. The molecule has 0 bridgehead atoms. The van der Waals surface area contributed by atoms with Crippen molar-refractivity contribution in [3.05, 3.63) is 23.3 Å². The molecule has 0 saturated heterocycles. The molecule has 2 N–H and O–H groups in total. The van der Waals surface area contributed by atoms with Gasteiger partial charge in [-0.05, 0) is 55.4 Å². The SMILES string of the molecule is COc1cc(C)c(CC2CC(N)C2)cc1OC. The molecule has 94 valence electrons. The van der Waals surface area contributed by atoms with Gasteiger partial charge in [0, 0.05) is 6.04 Å². The molecule has 0 spiro atoms. The molecule has 1 aromatic rings. The number of ether oxygens (including phenoxy) is 2. The van der Waals surface area contributed by atoms with Crippen LogP contribution in [0.3, 0.4) is 0 Å². The Kier molecular flexibility index (Phi) is 3.57. The van der Waals surface area contributed by atoms with E-state index < -0.39 is 0 Å². The number of nitrogens with two attached hydrogens (primary N) is 1. The van der Waals surface area contributed by atoms with E-state index in [1.165, 1.54) is 11.1 Å². The molecule has 17 heavy (non-hydrogen) atoms. The van der Waals surface area contributed by atoms with Crippen LogP contribution in [0.4, 0.5) is 0 Å². The Hall–Kier alpha value is -1.22. The van der Waals surface area contributed by atoms with E-state index in [0.717, 1.165) is 36.7 Å². The van der Waals surface area contributed by atoms with Crippen LogP contribution in [-0.2, 0) is 6.42 Å². The maximum Gasteiger partial charge on any atom is 0.161 e. The first-order chi connectivity index (χ1) is 8.13. The molecule has 0 unspecified atom stereocenters. The van der Waals surface area contributed by atoms with Crippen molar-refractivity contribution in [2.24, 2.45) is 11.7 Å². The van der Waals surface area contributed by atoms with E-state index in [4.69, 9.17) is 15.2 Å². The van der Waals surface area contributed by atoms with Gasteiger partial charge in [-0.15, -0.1) is 0 Å². The van der Waals surface area contributed by atoms with Crippen LogP contribution in [0.5, 0.6) is 11.5 Å². The average molecular weight is 235 g/mol. The van der Waals surface area contributed by atoms with Crippen molar-refractivity contribution in [2.45, 2.75) is 32.2 Å². The molecule has 0 heterocycles. The monoisotopic (exact) mass is 235 g/mol. The Morgan fingerprint density at radius 1 is 1.18 bits per heavy atom. The van der Waals surface area contributed by atoms with E-state index in [1.54, 1.807) is 14.2 Å². The second-order valence-corrected chi connectivity index (χ2v) is 4.94. The van der Waals surface area contributed by atoms with Crippen LogP contribution in [0.15, 0.2) is 12.1 Å². The largest absolute Gasteiger partial charge is 0.493 e. The van der Waals surface area contributed by atoms with Crippen LogP contribution in [0.1, 0.15) is 24.0 Å². The standard InChI is InChI=1S/C14H21NO2/c1-9-4-13(16-2)14(17-3)8-11(9)5-10-6-12(15)7-10/h4,8,10,12H,5-7,15H2,1-3H3. The Bertz CT molecular complexity index is 397. The molecule has 1 aliphatic carbocycles. The topological polar surface area (TPSA) is 44.5 Å². The van der Waals surface area contributed by atoms with Crippen LogP contribution < -0.4 is 15.2 Å². The number of aryl methyl sites for hydroxylation is 1. The Labute approximate surface area is 103 Å². The van der Waals surface area contributed by atoms with Gasteiger partial charge >= 0.3 is 0 Å². The molecule has 1 fully saturated rings. The number of methoxy groups -OCH3 is 2. The second kappa shape index (κ2) is 4.96. The van der Waals surface area contributed by atoms with E-state index in [2.05, 4.69) is 13.0 Å². The van der Waals surface area contributed by atoms with Crippen LogP contribution in [0, 0.1) is 12.8 Å². The molecule has 0 radical (unpaired) electrons. The summed E-state index contributed by atoms with van der Waals surface area (Å²) in [6.45, 7) is 2.12. The first-order valence-corrected chi connectivity index (χ1v) is 6.11. The average Bonchev–Trinajstić information content (AvgIpc) is 2.28. The highest BCUT2D eigenvalue weighted by Gasteiger charge is 2.26. The lowest BCUT2D eigenvalue weighted by atomic mass is 9.76. The van der Waals surface area contributed by atoms with Crippen molar-refractivity contribution in [1.82, 2.24) is 0 Å². The fourth-order valence-corrected chi connectivity index (χ4v) is 2.51. The van der Waals surface area contributed by atoms with Crippen molar-refractivity contribution >= 4 is 0 Å². The van der Waals surface area contributed by atoms with Gasteiger partial charge in [0.15, 0.2) is 11.5 Å². The van der Waals surface area contributed by atoms with Crippen LogP contribution in [0.2, 0.25) is 0 Å². The van der Waals surface area contributed by atoms with Crippen molar-refractivity contribution in [3.63, 3.8) is 0 Å². The molecular formula is C14H21NO2. The van der Waals surface area contributed by atoms with Gasteiger partial charge in [-0.2, -0.15) is 0 Å². The molecule has 1 saturated carbocycles. The van der Waals surface area contributed by atoms with Gasteiger partial charge in [0.2, 0.25) is 0 Å². The Balaban J connectivity index is 2.16. The van der Waals surface area contributed by atoms with E-state index in [9.17, 15) is 0 Å². The number of hydrogen-bond acceptors (Lipinski definition) is 3. The van der Waals surface area contributed by atoms with E-state index in [1.807, 2.05) is 6.07 Å². The third-order valence-corrected chi connectivity index (χ3v) is 3.62. The molecule has 0 atom stereocenters. The van der Waals surface area contributed by atoms with E-state index >= 15 is 0 Å². The summed E-state index contributed by atoms with van der Waals surface area (Å²) in [6.07, 6.45) is 3.39. The Morgan fingerprint density at radius 2 is 1.76 bits per heavy atom. The van der Waals surface area contributed by atoms with Gasteiger partial charge in [0.25, 0.3) is 0 Å². The lowest BCUT2D eigenvalue weighted by Crippen LogP contribution is -2.37. The fraction of sp³-hybridized carbons (Fsp3) is 0.571. The quantitative estimate of drug-likeness (QED) is 0.871. The highest BCUT2D eigenvalue weighted by atomic mass is 16.5. The maximum atomic E-state index is 5.82. The highest BCUT2D eigenvalue weighted by molar-refractivity contribution is 5.47. The predicted molar refractivity (Wildman–Crippen MR) is 68.7 cm³/mol. The third-order valence-electron chi connectivity index (χ3n) is 3.62. The van der Waals surface area contributed by atoms with Gasteiger partial charge < -0.3 is 15.2 Å². The lowest BCUT2D eigenvalue weighted by Gasteiger charge is -2.33. The third kappa shape index (κ3) is 2.55. The Morgan fingerprint density at radius 3 is 2.29 bits per heavy atom. The normalized spacial score (nSPS) is 23.1. The van der Waals surface area contributed by atoms with Crippen molar-refractivity contribution < 1.29 is 9.47 Å². The molecule has 1 aromatic carbocycles. The first-order valence-electron chi connectivity index (χ1n) is 6.11. The minimum Gasteiger partial charge on any atom is -0.493 e. The van der Waals surface area contributed by atoms with Crippen LogP contribution in [-0.4, -0.2) is 20.3 Å². The molecule has 3 heteroatoms. The summed E-state index contributed by atoms with van der Waals surface area (Å²) in [5.74, 6) is 2.36. The van der Waals surface area contributed by atoms with Gasteiger partial charge in [-0.3, -0.25) is 0 Å². The summed E-state index contributed by atoms with van der Waals surface area (Å²) >= 11 is 0. The summed E-state index contributed by atoms with van der Waals surface area (Å²) in [5, 5.41) is 0. The zero-order valence-corrected chi connectivity index (χ0v) is 10.8. The smallest absolute Gasteiger partial charge is 0.161 e. The molecule has 0 aromatic heterocycles. The fourth-order valence-electron chi connectivity index (χ4n) is 2.51. The van der Waals surface area contributed by atoms with Crippen molar-refractivity contribution in [2.75, 3.05) is 14.2 Å². The summed E-state index contributed by atoms with van der Waals surface area (Å²) in [6, 6.07) is 4.56. The molecular weight excluding hydrogens is 214 g/mol. The first kappa shape index (κ1) is 12.2. The molecule has 3 nitrogen and oxygen atoms in total.